The molecule has 1 rings (SSSR count). The maximum absolute atomic E-state index is 10.4. The second-order valence-corrected chi connectivity index (χ2v) is 3.47. The molecule has 0 saturated carbocycles. The van der Waals surface area contributed by atoms with E-state index in [1.807, 2.05) is 0 Å². The third-order valence-corrected chi connectivity index (χ3v) is 2.37. The number of aliphatic hydroxyl groups excluding tert-OH is 3. The van der Waals surface area contributed by atoms with Gasteiger partial charge in [0.15, 0.2) is 6.29 Å². The number of ether oxygens (including phenoxy) is 1. The predicted octanol–water partition coefficient (Wildman–Crippen LogP) is -11.1. The molecule has 0 spiro atoms. The molecule has 0 aliphatic carbocycles. The number of carboxylic acid groups (broad SMARTS) is 2. The van der Waals surface area contributed by atoms with Gasteiger partial charge in [-0.2, -0.15) is 0 Å². The van der Waals surface area contributed by atoms with Gasteiger partial charge in [0.05, 0.1) is 18.0 Å². The van der Waals surface area contributed by atoms with Crippen molar-refractivity contribution < 1.29 is 99.0 Å². The van der Waals surface area contributed by atoms with Crippen LogP contribution in [0.3, 0.4) is 0 Å². The van der Waals surface area contributed by atoms with Crippen LogP contribution in [0, 0.1) is 5.92 Å². The minimum absolute atomic E-state index is 0. The van der Waals surface area contributed by atoms with Crippen LogP contribution < -0.4 is 69.3 Å². The van der Waals surface area contributed by atoms with Gasteiger partial charge in [0.1, 0.15) is 12.2 Å². The Bertz CT molecular complexity index is 285. The molecule has 1 aliphatic heterocycles. The van der Waals surface area contributed by atoms with Gasteiger partial charge in [-0.3, -0.25) is 0 Å². The molecule has 4 atom stereocenters. The number of aliphatic carboxylic acids is 2. The molecule has 0 amide bonds. The summed E-state index contributed by atoms with van der Waals surface area (Å²) in [6.45, 7) is 0. The molecular formula is C8H10Na2O8. The summed E-state index contributed by atoms with van der Waals surface area (Å²) in [6.07, 6.45) is -6.79. The van der Waals surface area contributed by atoms with Crippen molar-refractivity contribution in [1.82, 2.24) is 0 Å². The van der Waals surface area contributed by atoms with Gasteiger partial charge < -0.3 is 39.9 Å². The fourth-order valence-electron chi connectivity index (χ4n) is 1.44. The SMILES string of the molecule is O=C([O-])C(C[C@H]1OC(O)[C@@H](O)[C@@H]1O)C(=O)[O-].[Na+].[Na+]. The van der Waals surface area contributed by atoms with Gasteiger partial charge in [-0.05, 0) is 6.42 Å². The molecule has 0 bridgehead atoms. The maximum atomic E-state index is 10.4. The van der Waals surface area contributed by atoms with Crippen LogP contribution in [0.2, 0.25) is 0 Å². The standard InChI is InChI=1S/C8H12O8.2Na/c9-4-3(16-8(15)5(4)10)1-2(6(11)12)7(13)14;;/h2-5,8-10,15H,1H2,(H,11,12)(H,13,14);;/q;2*+1/p-2/t3-,4-,5+,8?;;/m1../s1. The van der Waals surface area contributed by atoms with E-state index in [4.69, 9.17) is 10.2 Å². The molecule has 92 valence electrons. The Labute approximate surface area is 147 Å². The third-order valence-electron chi connectivity index (χ3n) is 2.37. The van der Waals surface area contributed by atoms with Crippen LogP contribution in [-0.2, 0) is 14.3 Å². The third kappa shape index (κ3) is 5.04. The van der Waals surface area contributed by atoms with E-state index in [1.165, 1.54) is 0 Å². The summed E-state index contributed by atoms with van der Waals surface area (Å²) >= 11 is 0. The topological polar surface area (TPSA) is 150 Å². The number of carboxylic acids is 2. The minimum atomic E-state index is -1.97. The molecule has 1 aliphatic rings. The zero-order valence-corrected chi connectivity index (χ0v) is 14.0. The van der Waals surface area contributed by atoms with Gasteiger partial charge in [0.25, 0.3) is 0 Å². The number of hydrogen-bond acceptors (Lipinski definition) is 8. The van der Waals surface area contributed by atoms with Crippen LogP contribution in [0.15, 0.2) is 0 Å². The Balaban J connectivity index is 0. The summed E-state index contributed by atoms with van der Waals surface area (Å²) < 4.78 is 4.59. The molecule has 1 saturated heterocycles. The maximum Gasteiger partial charge on any atom is 1.00 e. The van der Waals surface area contributed by atoms with Crippen LogP contribution in [-0.4, -0.2) is 51.9 Å². The Hall–Kier alpha value is 0.780. The molecular weight excluding hydrogens is 270 g/mol. The van der Waals surface area contributed by atoms with Gasteiger partial charge >= 0.3 is 59.1 Å². The average molecular weight is 280 g/mol. The van der Waals surface area contributed by atoms with Gasteiger partial charge in [-0.25, -0.2) is 0 Å². The molecule has 0 aromatic rings. The van der Waals surface area contributed by atoms with Crippen molar-refractivity contribution in [2.45, 2.75) is 31.0 Å². The van der Waals surface area contributed by atoms with E-state index >= 15 is 0 Å². The Morgan fingerprint density at radius 2 is 1.50 bits per heavy atom. The molecule has 1 fully saturated rings. The fraction of sp³-hybridized carbons (Fsp3) is 0.750. The normalized spacial score (nSPS) is 30.4. The molecule has 18 heavy (non-hydrogen) atoms. The number of carbonyl (C=O) groups is 2. The van der Waals surface area contributed by atoms with Crippen molar-refractivity contribution in [2.75, 3.05) is 0 Å². The average Bonchev–Trinajstić information content (AvgIpc) is 2.41. The summed E-state index contributed by atoms with van der Waals surface area (Å²) in [7, 11) is 0. The molecule has 8 nitrogen and oxygen atoms in total. The van der Waals surface area contributed by atoms with Crippen LogP contribution in [0.1, 0.15) is 6.42 Å². The largest absolute Gasteiger partial charge is 1.00 e. The first-order chi connectivity index (χ1) is 7.34. The second kappa shape index (κ2) is 8.85. The summed E-state index contributed by atoms with van der Waals surface area (Å²) in [6, 6.07) is 0. The van der Waals surface area contributed by atoms with Crippen molar-refractivity contribution in [3.8, 4) is 0 Å². The molecule has 3 N–H and O–H groups in total. The quantitative estimate of drug-likeness (QED) is 0.339. The zero-order chi connectivity index (χ0) is 12.5. The number of hydrogen-bond donors (Lipinski definition) is 3. The summed E-state index contributed by atoms with van der Waals surface area (Å²) in [5.74, 6) is -5.74. The van der Waals surface area contributed by atoms with Gasteiger partial charge in [-0.15, -0.1) is 0 Å². The molecule has 0 radical (unpaired) electrons. The fourth-order valence-corrected chi connectivity index (χ4v) is 1.44. The molecule has 1 unspecified atom stereocenters. The van der Waals surface area contributed by atoms with Gasteiger partial charge in [-0.1, -0.05) is 0 Å². The van der Waals surface area contributed by atoms with E-state index in [9.17, 15) is 24.9 Å². The van der Waals surface area contributed by atoms with E-state index in [0.29, 0.717) is 0 Å². The van der Waals surface area contributed by atoms with Gasteiger partial charge in [0, 0.05) is 5.92 Å². The zero-order valence-electron chi connectivity index (χ0n) is 9.98. The van der Waals surface area contributed by atoms with Gasteiger partial charge in [0.2, 0.25) is 0 Å². The summed E-state index contributed by atoms with van der Waals surface area (Å²) in [5.41, 5.74) is 0. The number of carbonyl (C=O) groups excluding carboxylic acids is 2. The molecule has 0 aromatic carbocycles. The van der Waals surface area contributed by atoms with E-state index < -0.39 is 48.9 Å². The van der Waals surface area contributed by atoms with Crippen LogP contribution in [0.25, 0.3) is 0 Å². The summed E-state index contributed by atoms with van der Waals surface area (Å²) in [4.78, 5) is 20.8. The first-order valence-corrected chi connectivity index (χ1v) is 4.46. The second-order valence-electron chi connectivity index (χ2n) is 3.47. The van der Waals surface area contributed by atoms with E-state index in [1.54, 1.807) is 0 Å². The monoisotopic (exact) mass is 280 g/mol. The minimum Gasteiger partial charge on any atom is -0.549 e. The summed E-state index contributed by atoms with van der Waals surface area (Å²) in [5, 5.41) is 48.1. The first kappa shape index (κ1) is 21.1. The Kier molecular flexibility index (Phi) is 10.4. The van der Waals surface area contributed by atoms with Crippen molar-refractivity contribution in [3.63, 3.8) is 0 Å². The van der Waals surface area contributed by atoms with Crippen molar-refractivity contribution in [1.29, 1.82) is 0 Å². The number of rotatable bonds is 4. The van der Waals surface area contributed by atoms with Crippen molar-refractivity contribution >= 4 is 11.9 Å². The van der Waals surface area contributed by atoms with Crippen molar-refractivity contribution in [3.05, 3.63) is 0 Å². The molecule has 1 heterocycles. The number of aliphatic hydroxyl groups is 3. The molecule has 0 aromatic heterocycles. The van der Waals surface area contributed by atoms with E-state index in [-0.39, 0.29) is 59.1 Å². The Morgan fingerprint density at radius 3 is 1.78 bits per heavy atom. The van der Waals surface area contributed by atoms with E-state index in [2.05, 4.69) is 4.74 Å². The molecule has 10 heteroatoms. The van der Waals surface area contributed by atoms with E-state index in [0.717, 1.165) is 0 Å². The predicted molar refractivity (Wildman–Crippen MR) is 41.0 cm³/mol. The van der Waals surface area contributed by atoms with Crippen molar-refractivity contribution in [2.24, 2.45) is 5.92 Å². The Morgan fingerprint density at radius 1 is 1.06 bits per heavy atom. The van der Waals surface area contributed by atoms with Crippen LogP contribution >= 0.6 is 0 Å². The first-order valence-electron chi connectivity index (χ1n) is 4.46. The van der Waals surface area contributed by atoms with Crippen LogP contribution in [0.4, 0.5) is 0 Å². The smallest absolute Gasteiger partial charge is 0.549 e. The van der Waals surface area contributed by atoms with Crippen LogP contribution in [0.5, 0.6) is 0 Å².